The number of hydrogen-bond acceptors (Lipinski definition) is 2. The smallest absolute Gasteiger partial charge is 0.127 e. The zero-order valence-corrected chi connectivity index (χ0v) is 9.20. The molecule has 2 unspecified atom stereocenters. The van der Waals surface area contributed by atoms with Gasteiger partial charge in [0, 0.05) is 25.0 Å². The van der Waals surface area contributed by atoms with Crippen LogP contribution >= 0.6 is 0 Å². The van der Waals surface area contributed by atoms with Gasteiger partial charge in [-0.3, -0.25) is 0 Å². The molecule has 2 N–H and O–H groups in total. The molecule has 0 radical (unpaired) electrons. The molecule has 0 saturated heterocycles. The monoisotopic (exact) mass is 208 g/mol. The summed E-state index contributed by atoms with van der Waals surface area (Å²) in [5.74, 6) is 1.32. The molecule has 1 aliphatic rings. The number of anilines is 2. The highest BCUT2D eigenvalue weighted by molar-refractivity contribution is 5.56. The molecule has 0 aliphatic heterocycles. The van der Waals surface area contributed by atoms with E-state index in [0.29, 0.717) is 5.69 Å². The maximum absolute atomic E-state index is 13.1. The molecule has 82 valence electrons. The first-order chi connectivity index (χ1) is 7.06. The van der Waals surface area contributed by atoms with Gasteiger partial charge in [0.05, 0.1) is 0 Å². The fraction of sp³-hybridized carbons (Fsp3) is 0.500. The van der Waals surface area contributed by atoms with Crippen LogP contribution in [0.1, 0.15) is 13.3 Å². The van der Waals surface area contributed by atoms with Gasteiger partial charge in [0.2, 0.25) is 0 Å². The van der Waals surface area contributed by atoms with Gasteiger partial charge < -0.3 is 10.6 Å². The minimum Gasteiger partial charge on any atom is -0.399 e. The zero-order valence-electron chi connectivity index (χ0n) is 9.20. The van der Waals surface area contributed by atoms with Crippen LogP contribution < -0.4 is 10.6 Å². The average Bonchev–Trinajstić information content (AvgIpc) is 2.79. The molecular formula is C12H17FN2. The Balaban J connectivity index is 2.07. The van der Waals surface area contributed by atoms with Crippen LogP contribution in [0.15, 0.2) is 18.2 Å². The Morgan fingerprint density at radius 1 is 1.47 bits per heavy atom. The van der Waals surface area contributed by atoms with Crippen LogP contribution in [-0.4, -0.2) is 13.6 Å². The number of halogens is 1. The number of nitrogens with two attached hydrogens (primary N) is 1. The molecule has 0 heterocycles. The van der Waals surface area contributed by atoms with E-state index in [1.54, 1.807) is 0 Å². The van der Waals surface area contributed by atoms with E-state index in [0.717, 1.165) is 24.1 Å². The lowest BCUT2D eigenvalue weighted by molar-refractivity contribution is 0.627. The maximum atomic E-state index is 13.1. The van der Waals surface area contributed by atoms with Gasteiger partial charge in [-0.05, 0) is 36.5 Å². The number of nitrogen functional groups attached to an aromatic ring is 1. The lowest BCUT2D eigenvalue weighted by atomic mass is 10.2. The van der Waals surface area contributed by atoms with Crippen LogP contribution in [0.25, 0.3) is 0 Å². The Morgan fingerprint density at radius 3 is 2.67 bits per heavy atom. The molecule has 1 aromatic rings. The standard InChI is InChI=1S/C12H17FN2/c1-8-3-9(8)7-15(2)12-5-10(13)4-11(14)6-12/h4-6,8-9H,3,7,14H2,1-2H3. The van der Waals surface area contributed by atoms with E-state index in [-0.39, 0.29) is 5.82 Å². The highest BCUT2D eigenvalue weighted by Gasteiger charge is 2.33. The van der Waals surface area contributed by atoms with Crippen molar-refractivity contribution >= 4 is 11.4 Å². The molecule has 0 aromatic heterocycles. The third-order valence-electron chi connectivity index (χ3n) is 3.13. The summed E-state index contributed by atoms with van der Waals surface area (Å²) >= 11 is 0. The third kappa shape index (κ3) is 2.41. The van der Waals surface area contributed by atoms with Crippen molar-refractivity contribution in [3.05, 3.63) is 24.0 Å². The quantitative estimate of drug-likeness (QED) is 0.773. The molecular weight excluding hydrogens is 191 g/mol. The SMILES string of the molecule is CC1CC1CN(C)c1cc(N)cc(F)c1. The Bertz CT molecular complexity index is 344. The summed E-state index contributed by atoms with van der Waals surface area (Å²) in [6.45, 7) is 3.24. The first-order valence-corrected chi connectivity index (χ1v) is 5.33. The van der Waals surface area contributed by atoms with Gasteiger partial charge in [0.15, 0.2) is 0 Å². The van der Waals surface area contributed by atoms with Crippen molar-refractivity contribution in [2.45, 2.75) is 13.3 Å². The summed E-state index contributed by atoms with van der Waals surface area (Å²) in [7, 11) is 1.99. The van der Waals surface area contributed by atoms with E-state index in [1.807, 2.05) is 13.1 Å². The van der Waals surface area contributed by atoms with Crippen molar-refractivity contribution in [3.8, 4) is 0 Å². The van der Waals surface area contributed by atoms with E-state index in [2.05, 4.69) is 11.8 Å². The predicted molar refractivity (Wildman–Crippen MR) is 61.4 cm³/mol. The molecule has 15 heavy (non-hydrogen) atoms. The number of rotatable bonds is 3. The number of nitrogens with zero attached hydrogens (tertiary/aromatic N) is 1. The van der Waals surface area contributed by atoms with Crippen LogP contribution in [-0.2, 0) is 0 Å². The summed E-state index contributed by atoms with van der Waals surface area (Å²) < 4.78 is 13.1. The fourth-order valence-corrected chi connectivity index (χ4v) is 1.93. The first kappa shape index (κ1) is 10.3. The van der Waals surface area contributed by atoms with Crippen molar-refractivity contribution in [2.75, 3.05) is 24.2 Å². The summed E-state index contributed by atoms with van der Waals surface area (Å²) in [6, 6.07) is 4.69. The topological polar surface area (TPSA) is 29.3 Å². The molecule has 2 nitrogen and oxygen atoms in total. The molecule has 2 atom stereocenters. The number of benzene rings is 1. The maximum Gasteiger partial charge on any atom is 0.127 e. The minimum absolute atomic E-state index is 0.263. The van der Waals surface area contributed by atoms with Crippen LogP contribution in [0.2, 0.25) is 0 Å². The van der Waals surface area contributed by atoms with E-state index in [1.165, 1.54) is 18.6 Å². The zero-order chi connectivity index (χ0) is 11.0. The summed E-state index contributed by atoms with van der Waals surface area (Å²) in [4.78, 5) is 2.08. The second-order valence-electron chi connectivity index (χ2n) is 4.60. The van der Waals surface area contributed by atoms with Crippen LogP contribution in [0.4, 0.5) is 15.8 Å². The molecule has 0 spiro atoms. The third-order valence-corrected chi connectivity index (χ3v) is 3.13. The van der Waals surface area contributed by atoms with E-state index in [9.17, 15) is 4.39 Å². The molecule has 1 fully saturated rings. The van der Waals surface area contributed by atoms with Crippen LogP contribution in [0.5, 0.6) is 0 Å². The second-order valence-corrected chi connectivity index (χ2v) is 4.60. The van der Waals surface area contributed by atoms with Crippen molar-refractivity contribution in [3.63, 3.8) is 0 Å². The molecule has 1 aromatic carbocycles. The van der Waals surface area contributed by atoms with Gasteiger partial charge >= 0.3 is 0 Å². The normalized spacial score (nSPS) is 23.9. The molecule has 3 heteroatoms. The number of hydrogen-bond donors (Lipinski definition) is 1. The van der Waals surface area contributed by atoms with Crippen LogP contribution in [0.3, 0.4) is 0 Å². The van der Waals surface area contributed by atoms with E-state index >= 15 is 0 Å². The Morgan fingerprint density at radius 2 is 2.13 bits per heavy atom. The van der Waals surface area contributed by atoms with Crippen molar-refractivity contribution in [2.24, 2.45) is 11.8 Å². The van der Waals surface area contributed by atoms with Crippen molar-refractivity contribution in [1.29, 1.82) is 0 Å². The Kier molecular flexibility index (Phi) is 2.55. The van der Waals surface area contributed by atoms with Crippen LogP contribution in [0, 0.1) is 17.7 Å². The van der Waals surface area contributed by atoms with Gasteiger partial charge in [-0.15, -0.1) is 0 Å². The lowest BCUT2D eigenvalue weighted by Gasteiger charge is -2.19. The van der Waals surface area contributed by atoms with Crippen molar-refractivity contribution < 1.29 is 4.39 Å². The van der Waals surface area contributed by atoms with E-state index in [4.69, 9.17) is 5.73 Å². The van der Waals surface area contributed by atoms with Crippen molar-refractivity contribution in [1.82, 2.24) is 0 Å². The van der Waals surface area contributed by atoms with Gasteiger partial charge in [0.25, 0.3) is 0 Å². The predicted octanol–water partition coefficient (Wildman–Crippen LogP) is 2.50. The van der Waals surface area contributed by atoms with Gasteiger partial charge in [0.1, 0.15) is 5.82 Å². The summed E-state index contributed by atoms with van der Waals surface area (Å²) in [5.41, 5.74) is 6.96. The summed E-state index contributed by atoms with van der Waals surface area (Å²) in [6.07, 6.45) is 1.29. The molecule has 0 amide bonds. The summed E-state index contributed by atoms with van der Waals surface area (Å²) in [5, 5.41) is 0. The second kappa shape index (κ2) is 3.72. The molecule has 0 bridgehead atoms. The first-order valence-electron chi connectivity index (χ1n) is 5.33. The minimum atomic E-state index is -0.263. The fourth-order valence-electron chi connectivity index (χ4n) is 1.93. The highest BCUT2D eigenvalue weighted by atomic mass is 19.1. The molecule has 1 saturated carbocycles. The lowest BCUT2D eigenvalue weighted by Crippen LogP contribution is -2.20. The Hall–Kier alpha value is -1.25. The van der Waals surface area contributed by atoms with Gasteiger partial charge in [-0.2, -0.15) is 0 Å². The van der Waals surface area contributed by atoms with Gasteiger partial charge in [-0.1, -0.05) is 6.92 Å². The van der Waals surface area contributed by atoms with Gasteiger partial charge in [-0.25, -0.2) is 4.39 Å². The largest absolute Gasteiger partial charge is 0.399 e. The highest BCUT2D eigenvalue weighted by Crippen LogP contribution is 2.38. The Labute approximate surface area is 89.9 Å². The molecule has 2 rings (SSSR count). The van der Waals surface area contributed by atoms with E-state index < -0.39 is 0 Å². The molecule has 1 aliphatic carbocycles. The average molecular weight is 208 g/mol.